The van der Waals surface area contributed by atoms with Gasteiger partial charge in [0, 0.05) is 29.1 Å². The standard InChI is InChI=1S/C20H14ClN5O/c1-27-11-4-5-12(15(21)9-11)20-25-17-13-6-8-22-10-16(13)24-19-14(18(17)26-20)3-2-7-23-19/h2-10H,1H3,(H,23,24)(H,25,26). The zero-order valence-corrected chi connectivity index (χ0v) is 15.1. The van der Waals surface area contributed by atoms with Gasteiger partial charge in [-0.3, -0.25) is 4.98 Å². The van der Waals surface area contributed by atoms with Gasteiger partial charge in [0.1, 0.15) is 23.1 Å². The second kappa shape index (κ2) is 6.10. The molecule has 0 saturated carbocycles. The topological polar surface area (TPSA) is 75.7 Å². The van der Waals surface area contributed by atoms with E-state index in [1.807, 2.05) is 30.3 Å². The Morgan fingerprint density at radius 2 is 1.96 bits per heavy atom. The SMILES string of the molecule is COc1ccc(-c2nc3c([nH]2)-c2ccncc2Nc2ncccc2-3)c(Cl)c1. The molecular formula is C20H14ClN5O. The van der Waals surface area contributed by atoms with Gasteiger partial charge in [0.05, 0.1) is 29.7 Å². The number of anilines is 2. The number of pyridine rings is 2. The second-order valence-electron chi connectivity index (χ2n) is 6.10. The fourth-order valence-corrected chi connectivity index (χ4v) is 3.50. The molecular weight excluding hydrogens is 362 g/mol. The molecule has 27 heavy (non-hydrogen) atoms. The molecule has 3 aromatic heterocycles. The molecule has 0 amide bonds. The van der Waals surface area contributed by atoms with Crippen LogP contribution in [0.25, 0.3) is 33.9 Å². The molecule has 0 radical (unpaired) electrons. The minimum atomic E-state index is 0.567. The number of hydrogen-bond donors (Lipinski definition) is 2. The van der Waals surface area contributed by atoms with E-state index < -0.39 is 0 Å². The van der Waals surface area contributed by atoms with Crippen LogP contribution in [-0.4, -0.2) is 27.0 Å². The molecule has 4 heterocycles. The highest BCUT2D eigenvalue weighted by atomic mass is 35.5. The van der Waals surface area contributed by atoms with Crippen LogP contribution in [0.1, 0.15) is 0 Å². The Bertz CT molecular complexity index is 1110. The summed E-state index contributed by atoms with van der Waals surface area (Å²) in [5.74, 6) is 2.13. The van der Waals surface area contributed by atoms with Gasteiger partial charge in [0.15, 0.2) is 0 Å². The molecule has 0 atom stereocenters. The molecule has 2 N–H and O–H groups in total. The van der Waals surface area contributed by atoms with Gasteiger partial charge in [-0.05, 0) is 36.4 Å². The van der Waals surface area contributed by atoms with Crippen molar-refractivity contribution in [2.45, 2.75) is 0 Å². The third kappa shape index (κ3) is 2.53. The molecule has 0 bridgehead atoms. The van der Waals surface area contributed by atoms with Gasteiger partial charge in [0.25, 0.3) is 0 Å². The normalized spacial score (nSPS) is 11.6. The lowest BCUT2D eigenvalue weighted by Crippen LogP contribution is -1.95. The van der Waals surface area contributed by atoms with E-state index in [-0.39, 0.29) is 0 Å². The fraction of sp³-hybridized carbons (Fsp3) is 0.0500. The summed E-state index contributed by atoms with van der Waals surface area (Å²) in [6.07, 6.45) is 5.29. The number of hydrogen-bond acceptors (Lipinski definition) is 5. The predicted octanol–water partition coefficient (Wildman–Crippen LogP) is 4.92. The highest BCUT2D eigenvalue weighted by Crippen LogP contribution is 2.43. The summed E-state index contributed by atoms with van der Waals surface area (Å²) in [4.78, 5) is 17.0. The average Bonchev–Trinajstić information content (AvgIpc) is 3.08. The van der Waals surface area contributed by atoms with E-state index >= 15 is 0 Å². The van der Waals surface area contributed by atoms with Crippen LogP contribution in [0.4, 0.5) is 11.5 Å². The maximum absolute atomic E-state index is 6.46. The van der Waals surface area contributed by atoms with Crippen LogP contribution >= 0.6 is 11.6 Å². The van der Waals surface area contributed by atoms with Crippen molar-refractivity contribution in [1.82, 2.24) is 19.9 Å². The van der Waals surface area contributed by atoms with Crippen LogP contribution < -0.4 is 10.1 Å². The molecule has 7 heteroatoms. The number of aromatic nitrogens is 4. The highest BCUT2D eigenvalue weighted by molar-refractivity contribution is 6.33. The van der Waals surface area contributed by atoms with Crippen molar-refractivity contribution in [2.24, 2.45) is 0 Å². The number of ether oxygens (including phenoxy) is 1. The Labute approximate surface area is 160 Å². The van der Waals surface area contributed by atoms with Crippen molar-refractivity contribution < 1.29 is 4.74 Å². The van der Waals surface area contributed by atoms with Gasteiger partial charge in [-0.25, -0.2) is 9.97 Å². The summed E-state index contributed by atoms with van der Waals surface area (Å²) in [5, 5.41) is 3.91. The molecule has 132 valence electrons. The second-order valence-corrected chi connectivity index (χ2v) is 6.51. The third-order valence-corrected chi connectivity index (χ3v) is 4.85. The Kier molecular flexibility index (Phi) is 3.58. The van der Waals surface area contributed by atoms with Crippen LogP contribution in [0.2, 0.25) is 5.02 Å². The van der Waals surface area contributed by atoms with Crippen molar-refractivity contribution >= 4 is 23.1 Å². The molecule has 6 nitrogen and oxygen atoms in total. The number of methoxy groups -OCH3 is 1. The number of aromatic amines is 1. The lowest BCUT2D eigenvalue weighted by atomic mass is 10.1. The highest BCUT2D eigenvalue weighted by Gasteiger charge is 2.24. The minimum absolute atomic E-state index is 0.567. The number of imidazole rings is 1. The molecule has 0 spiro atoms. The number of rotatable bonds is 2. The maximum Gasteiger partial charge on any atom is 0.140 e. The Morgan fingerprint density at radius 1 is 1.04 bits per heavy atom. The molecule has 5 rings (SSSR count). The van der Waals surface area contributed by atoms with Gasteiger partial charge in [-0.1, -0.05) is 11.6 Å². The lowest BCUT2D eigenvalue weighted by Gasteiger charge is -2.08. The average molecular weight is 376 g/mol. The van der Waals surface area contributed by atoms with Crippen LogP contribution in [0.15, 0.2) is 55.0 Å². The maximum atomic E-state index is 6.46. The summed E-state index contributed by atoms with van der Waals surface area (Å²) >= 11 is 6.46. The predicted molar refractivity (Wildman–Crippen MR) is 105 cm³/mol. The van der Waals surface area contributed by atoms with Gasteiger partial charge >= 0.3 is 0 Å². The van der Waals surface area contributed by atoms with Crippen LogP contribution in [0, 0.1) is 0 Å². The Morgan fingerprint density at radius 3 is 2.81 bits per heavy atom. The Hall–Kier alpha value is -3.38. The summed E-state index contributed by atoms with van der Waals surface area (Å²) in [7, 11) is 1.61. The van der Waals surface area contributed by atoms with Crippen molar-refractivity contribution in [2.75, 3.05) is 12.4 Å². The van der Waals surface area contributed by atoms with E-state index in [1.54, 1.807) is 31.8 Å². The summed E-state index contributed by atoms with van der Waals surface area (Å²) in [5.41, 5.74) is 5.27. The Balaban J connectivity index is 1.76. The first-order chi connectivity index (χ1) is 13.2. The van der Waals surface area contributed by atoms with Gasteiger partial charge < -0.3 is 15.0 Å². The van der Waals surface area contributed by atoms with Gasteiger partial charge in [-0.2, -0.15) is 0 Å². The summed E-state index contributed by atoms with van der Waals surface area (Å²) < 4.78 is 5.24. The molecule has 0 aliphatic carbocycles. The number of H-pyrrole nitrogens is 1. The molecule has 4 aromatic rings. The van der Waals surface area contributed by atoms with Crippen molar-refractivity contribution in [1.29, 1.82) is 0 Å². The lowest BCUT2D eigenvalue weighted by molar-refractivity contribution is 0.415. The van der Waals surface area contributed by atoms with E-state index in [4.69, 9.17) is 21.3 Å². The number of fused-ring (bicyclic) bond motifs is 5. The molecule has 1 aliphatic rings. The van der Waals surface area contributed by atoms with Crippen molar-refractivity contribution in [3.63, 3.8) is 0 Å². The quantitative estimate of drug-likeness (QED) is 0.458. The zero-order chi connectivity index (χ0) is 18.4. The van der Waals surface area contributed by atoms with E-state index in [1.165, 1.54) is 0 Å². The van der Waals surface area contributed by atoms with Crippen LogP contribution in [0.3, 0.4) is 0 Å². The number of nitrogens with zero attached hydrogens (tertiary/aromatic N) is 3. The first kappa shape index (κ1) is 15.8. The van der Waals surface area contributed by atoms with Gasteiger partial charge in [0.2, 0.25) is 0 Å². The molecule has 1 aromatic carbocycles. The van der Waals surface area contributed by atoms with Crippen molar-refractivity contribution in [3.8, 4) is 39.7 Å². The summed E-state index contributed by atoms with van der Waals surface area (Å²) in [6.45, 7) is 0. The van der Waals surface area contributed by atoms with E-state index in [2.05, 4.69) is 20.3 Å². The van der Waals surface area contributed by atoms with Crippen molar-refractivity contribution in [3.05, 3.63) is 60.0 Å². The third-order valence-electron chi connectivity index (χ3n) is 4.54. The fourth-order valence-electron chi connectivity index (χ4n) is 3.24. The first-order valence-corrected chi connectivity index (χ1v) is 8.73. The minimum Gasteiger partial charge on any atom is -0.497 e. The molecule has 0 unspecified atom stereocenters. The monoisotopic (exact) mass is 375 g/mol. The van der Waals surface area contributed by atoms with Gasteiger partial charge in [-0.15, -0.1) is 0 Å². The molecule has 1 aliphatic heterocycles. The van der Waals surface area contributed by atoms with Crippen LogP contribution in [-0.2, 0) is 0 Å². The summed E-state index contributed by atoms with van der Waals surface area (Å²) in [6, 6.07) is 11.4. The van der Waals surface area contributed by atoms with E-state index in [0.29, 0.717) is 16.6 Å². The molecule has 0 fully saturated rings. The van der Waals surface area contributed by atoms with E-state index in [0.717, 1.165) is 39.6 Å². The molecule has 0 saturated heterocycles. The number of halogens is 1. The van der Waals surface area contributed by atoms with E-state index in [9.17, 15) is 0 Å². The first-order valence-electron chi connectivity index (χ1n) is 8.35. The number of nitrogens with one attached hydrogen (secondary N) is 2. The largest absolute Gasteiger partial charge is 0.497 e. The smallest absolute Gasteiger partial charge is 0.140 e. The zero-order valence-electron chi connectivity index (χ0n) is 14.3. The van der Waals surface area contributed by atoms with Crippen LogP contribution in [0.5, 0.6) is 5.75 Å². The number of benzene rings is 1.